The Labute approximate surface area is 176 Å². The molecular formula is C23H26N4O3. The van der Waals surface area contributed by atoms with Crippen molar-refractivity contribution in [3.63, 3.8) is 0 Å². The molecule has 0 aliphatic heterocycles. The van der Waals surface area contributed by atoms with Gasteiger partial charge < -0.3 is 25.1 Å². The molecule has 30 heavy (non-hydrogen) atoms. The Kier molecular flexibility index (Phi) is 7.49. The maximum absolute atomic E-state index is 12.0. The number of carbonyl (C=O) groups is 1. The average Bonchev–Trinajstić information content (AvgIpc) is 3.31. The Balaban J connectivity index is 1.49. The molecular weight excluding hydrogens is 380 g/mol. The van der Waals surface area contributed by atoms with Crippen molar-refractivity contribution in [1.82, 2.24) is 10.6 Å². The third kappa shape index (κ3) is 5.88. The highest BCUT2D eigenvalue weighted by molar-refractivity contribution is 6.02. The summed E-state index contributed by atoms with van der Waals surface area (Å²) in [6, 6.07) is 18.8. The van der Waals surface area contributed by atoms with Crippen LogP contribution in [0.4, 0.5) is 5.69 Å². The van der Waals surface area contributed by atoms with E-state index in [4.69, 9.17) is 9.15 Å². The lowest BCUT2D eigenvalue weighted by Crippen LogP contribution is -2.36. The average molecular weight is 406 g/mol. The molecule has 0 saturated carbocycles. The maximum Gasteiger partial charge on any atom is 0.291 e. The molecule has 1 heterocycles. The summed E-state index contributed by atoms with van der Waals surface area (Å²) in [4.78, 5) is 16.3. The number of ether oxygens (including phenoxy) is 1. The highest BCUT2D eigenvalue weighted by Gasteiger charge is 2.08. The summed E-state index contributed by atoms with van der Waals surface area (Å²) in [5.74, 6) is 1.57. The SMILES string of the molecule is CCOc1ccccc1CNC(=NC)NCc1ccc(NC(=O)c2ccco2)cc1. The van der Waals surface area contributed by atoms with Crippen molar-refractivity contribution < 1.29 is 13.9 Å². The summed E-state index contributed by atoms with van der Waals surface area (Å²) in [6.07, 6.45) is 1.47. The number of rotatable bonds is 8. The van der Waals surface area contributed by atoms with Gasteiger partial charge in [-0.1, -0.05) is 30.3 Å². The second-order valence-corrected chi connectivity index (χ2v) is 6.45. The number of para-hydroxylation sites is 1. The molecule has 0 unspecified atom stereocenters. The summed E-state index contributed by atoms with van der Waals surface area (Å²) < 4.78 is 10.8. The van der Waals surface area contributed by atoms with Gasteiger partial charge in [-0.05, 0) is 42.8 Å². The minimum absolute atomic E-state index is 0.275. The van der Waals surface area contributed by atoms with E-state index >= 15 is 0 Å². The van der Waals surface area contributed by atoms with Crippen LogP contribution >= 0.6 is 0 Å². The number of hydrogen-bond acceptors (Lipinski definition) is 4. The number of furan rings is 1. The standard InChI is InChI=1S/C23H26N4O3/c1-3-29-20-8-5-4-7-18(20)16-26-23(24-2)25-15-17-10-12-19(13-11-17)27-22(28)21-9-6-14-30-21/h4-14H,3,15-16H2,1-2H3,(H,27,28)(H2,24,25,26). The molecule has 7 nitrogen and oxygen atoms in total. The van der Waals surface area contributed by atoms with Gasteiger partial charge in [-0.3, -0.25) is 9.79 Å². The molecule has 0 aliphatic carbocycles. The van der Waals surface area contributed by atoms with Gasteiger partial charge in [0.15, 0.2) is 11.7 Å². The fraction of sp³-hybridized carbons (Fsp3) is 0.217. The van der Waals surface area contributed by atoms with Crippen molar-refractivity contribution in [3.8, 4) is 5.75 Å². The Morgan fingerprint density at radius 3 is 2.47 bits per heavy atom. The molecule has 0 bridgehead atoms. The Morgan fingerprint density at radius 1 is 1.00 bits per heavy atom. The molecule has 0 spiro atoms. The second kappa shape index (κ2) is 10.7. The van der Waals surface area contributed by atoms with Crippen LogP contribution in [-0.4, -0.2) is 25.5 Å². The van der Waals surface area contributed by atoms with Gasteiger partial charge in [0.05, 0.1) is 12.9 Å². The lowest BCUT2D eigenvalue weighted by atomic mass is 10.2. The van der Waals surface area contributed by atoms with Crippen LogP contribution in [0.3, 0.4) is 0 Å². The van der Waals surface area contributed by atoms with Gasteiger partial charge in [-0.15, -0.1) is 0 Å². The van der Waals surface area contributed by atoms with Crippen molar-refractivity contribution in [2.24, 2.45) is 4.99 Å². The molecule has 0 fully saturated rings. The van der Waals surface area contributed by atoms with Gasteiger partial charge in [-0.2, -0.15) is 0 Å². The van der Waals surface area contributed by atoms with Gasteiger partial charge in [0.1, 0.15) is 5.75 Å². The number of carbonyl (C=O) groups excluding carboxylic acids is 1. The minimum atomic E-state index is -0.275. The van der Waals surface area contributed by atoms with Gasteiger partial charge in [0, 0.05) is 31.4 Å². The number of benzene rings is 2. The highest BCUT2D eigenvalue weighted by atomic mass is 16.5. The smallest absolute Gasteiger partial charge is 0.291 e. The maximum atomic E-state index is 12.0. The van der Waals surface area contributed by atoms with Crippen LogP contribution in [0.2, 0.25) is 0 Å². The number of anilines is 1. The first-order valence-electron chi connectivity index (χ1n) is 9.78. The molecule has 0 aliphatic rings. The van der Waals surface area contributed by atoms with E-state index in [1.54, 1.807) is 19.2 Å². The molecule has 0 saturated heterocycles. The molecule has 0 atom stereocenters. The van der Waals surface area contributed by atoms with Crippen LogP contribution in [0, 0.1) is 0 Å². The summed E-state index contributed by atoms with van der Waals surface area (Å²) in [6.45, 7) is 3.80. The Bertz CT molecular complexity index is 966. The molecule has 156 valence electrons. The molecule has 3 N–H and O–H groups in total. The van der Waals surface area contributed by atoms with E-state index in [1.165, 1.54) is 6.26 Å². The van der Waals surface area contributed by atoms with Crippen molar-refractivity contribution >= 4 is 17.6 Å². The quantitative estimate of drug-likeness (QED) is 0.391. The molecule has 0 radical (unpaired) electrons. The van der Waals surface area contributed by atoms with Crippen molar-refractivity contribution in [3.05, 3.63) is 83.8 Å². The Hall–Kier alpha value is -3.74. The van der Waals surface area contributed by atoms with Crippen LogP contribution in [-0.2, 0) is 13.1 Å². The van der Waals surface area contributed by atoms with Gasteiger partial charge in [0.2, 0.25) is 0 Å². The monoisotopic (exact) mass is 406 g/mol. The molecule has 1 aromatic heterocycles. The molecule has 1 amide bonds. The molecule has 7 heteroatoms. The summed E-state index contributed by atoms with van der Waals surface area (Å²) in [5.41, 5.74) is 2.83. The summed E-state index contributed by atoms with van der Waals surface area (Å²) >= 11 is 0. The number of guanidine groups is 1. The highest BCUT2D eigenvalue weighted by Crippen LogP contribution is 2.17. The first kappa shape index (κ1) is 21.0. The topological polar surface area (TPSA) is 87.9 Å². The zero-order valence-corrected chi connectivity index (χ0v) is 17.1. The van der Waals surface area contributed by atoms with Crippen LogP contribution < -0.4 is 20.7 Å². The number of nitrogens with one attached hydrogen (secondary N) is 3. The van der Waals surface area contributed by atoms with Crippen LogP contribution in [0.5, 0.6) is 5.75 Å². The van der Waals surface area contributed by atoms with Crippen LogP contribution in [0.15, 0.2) is 76.3 Å². The third-order valence-corrected chi connectivity index (χ3v) is 4.36. The van der Waals surface area contributed by atoms with Gasteiger partial charge >= 0.3 is 0 Å². The lowest BCUT2D eigenvalue weighted by Gasteiger charge is -2.14. The summed E-state index contributed by atoms with van der Waals surface area (Å²) in [7, 11) is 1.73. The first-order valence-corrected chi connectivity index (χ1v) is 9.78. The summed E-state index contributed by atoms with van der Waals surface area (Å²) in [5, 5.41) is 9.39. The van der Waals surface area contributed by atoms with Crippen molar-refractivity contribution in [2.75, 3.05) is 19.0 Å². The van der Waals surface area contributed by atoms with E-state index < -0.39 is 0 Å². The Morgan fingerprint density at radius 2 is 1.77 bits per heavy atom. The predicted octanol–water partition coefficient (Wildman–Crippen LogP) is 3.80. The minimum Gasteiger partial charge on any atom is -0.494 e. The number of amides is 1. The third-order valence-electron chi connectivity index (χ3n) is 4.36. The molecule has 3 rings (SSSR count). The molecule has 3 aromatic rings. The van der Waals surface area contributed by atoms with E-state index in [1.807, 2.05) is 55.5 Å². The largest absolute Gasteiger partial charge is 0.494 e. The van der Waals surface area contributed by atoms with E-state index in [0.717, 1.165) is 16.9 Å². The number of aliphatic imine (C=N–C) groups is 1. The van der Waals surface area contributed by atoms with Gasteiger partial charge in [0.25, 0.3) is 5.91 Å². The van der Waals surface area contributed by atoms with E-state index in [9.17, 15) is 4.79 Å². The fourth-order valence-corrected chi connectivity index (χ4v) is 2.84. The second-order valence-electron chi connectivity index (χ2n) is 6.45. The zero-order chi connectivity index (χ0) is 21.2. The van der Waals surface area contributed by atoms with Gasteiger partial charge in [-0.25, -0.2) is 0 Å². The number of nitrogens with zero attached hydrogens (tertiary/aromatic N) is 1. The first-order chi connectivity index (χ1) is 14.7. The van der Waals surface area contributed by atoms with Crippen molar-refractivity contribution in [2.45, 2.75) is 20.0 Å². The normalized spacial score (nSPS) is 11.1. The zero-order valence-electron chi connectivity index (χ0n) is 17.1. The molecule has 2 aromatic carbocycles. The van der Waals surface area contributed by atoms with Crippen molar-refractivity contribution in [1.29, 1.82) is 0 Å². The number of hydrogen-bond donors (Lipinski definition) is 3. The predicted molar refractivity (Wildman–Crippen MR) is 118 cm³/mol. The van der Waals surface area contributed by atoms with E-state index in [2.05, 4.69) is 20.9 Å². The van der Waals surface area contributed by atoms with Crippen LogP contribution in [0.25, 0.3) is 0 Å². The fourth-order valence-electron chi connectivity index (χ4n) is 2.84. The lowest BCUT2D eigenvalue weighted by molar-refractivity contribution is 0.0996. The van der Waals surface area contributed by atoms with Crippen LogP contribution in [0.1, 0.15) is 28.6 Å². The van der Waals surface area contributed by atoms with E-state index in [0.29, 0.717) is 31.3 Å². The van der Waals surface area contributed by atoms with E-state index in [-0.39, 0.29) is 11.7 Å².